The Kier molecular flexibility index (Phi) is 7.76. The van der Waals surface area contributed by atoms with Crippen molar-refractivity contribution in [2.45, 2.75) is 77.0 Å². The molecular formula is C72H53NO3. The van der Waals surface area contributed by atoms with E-state index in [0.717, 1.165) is 72.1 Å². The molecule has 0 unspecified atom stereocenters. The van der Waals surface area contributed by atoms with Crippen LogP contribution in [-0.4, -0.2) is 0 Å². The van der Waals surface area contributed by atoms with Gasteiger partial charge in [0.05, 0.1) is 11.1 Å². The minimum Gasteiger partial charge on any atom is -0.456 e. The maximum atomic E-state index is 7.05. The van der Waals surface area contributed by atoms with Crippen molar-refractivity contribution in [1.29, 1.82) is 0 Å². The topological polar surface area (TPSA) is 42.7 Å². The average Bonchev–Trinajstić information content (AvgIpc) is 4.14. The summed E-state index contributed by atoms with van der Waals surface area (Å²) in [4.78, 5) is 2.52. The molecule has 0 saturated carbocycles. The van der Waals surface area contributed by atoms with Crippen LogP contribution < -0.4 is 4.90 Å². The molecule has 0 radical (unpaired) electrons. The van der Waals surface area contributed by atoms with Gasteiger partial charge in [-0.3, -0.25) is 0 Å². The number of fused-ring (bicyclic) bond motifs is 27. The fourth-order valence-electron chi connectivity index (χ4n) is 15.7. The van der Waals surface area contributed by atoms with Crippen molar-refractivity contribution in [3.63, 3.8) is 0 Å². The summed E-state index contributed by atoms with van der Waals surface area (Å²) >= 11 is 0. The van der Waals surface area contributed by atoms with Gasteiger partial charge in [-0.05, 0) is 132 Å². The molecule has 13 aromatic rings. The van der Waals surface area contributed by atoms with E-state index in [-0.39, 0.29) is 21.7 Å². The molecule has 0 saturated heterocycles. The Morgan fingerprint density at radius 2 is 0.671 bits per heavy atom. The molecule has 0 aliphatic heterocycles. The Hall–Kier alpha value is -8.60. The molecule has 0 spiro atoms. The molecule has 0 N–H and O–H groups in total. The minimum absolute atomic E-state index is 0.253. The summed E-state index contributed by atoms with van der Waals surface area (Å²) in [6.07, 6.45) is 0. The number of anilines is 3. The molecule has 0 bridgehead atoms. The van der Waals surface area contributed by atoms with Crippen molar-refractivity contribution < 1.29 is 13.3 Å². The summed E-state index contributed by atoms with van der Waals surface area (Å²) in [5, 5.41) is 6.93. The van der Waals surface area contributed by atoms with Crippen LogP contribution in [0.25, 0.3) is 110 Å². The summed E-state index contributed by atoms with van der Waals surface area (Å²) in [7, 11) is 0. The minimum atomic E-state index is -0.373. The van der Waals surface area contributed by atoms with Gasteiger partial charge in [-0.2, -0.15) is 0 Å². The van der Waals surface area contributed by atoms with Gasteiger partial charge in [0.15, 0.2) is 0 Å². The van der Waals surface area contributed by atoms with E-state index < -0.39 is 0 Å². The Labute approximate surface area is 440 Å². The van der Waals surface area contributed by atoms with Crippen LogP contribution in [0.15, 0.2) is 189 Å². The van der Waals surface area contributed by atoms with Crippen molar-refractivity contribution in [3.8, 4) is 44.5 Å². The summed E-state index contributed by atoms with van der Waals surface area (Å²) in [5.74, 6) is 0. The smallest absolute Gasteiger partial charge is 0.144 e. The maximum Gasteiger partial charge on any atom is 0.144 e. The van der Waals surface area contributed by atoms with Crippen molar-refractivity contribution in [2.24, 2.45) is 0 Å². The highest BCUT2D eigenvalue weighted by atomic mass is 16.3. The summed E-state index contributed by atoms with van der Waals surface area (Å²) < 4.78 is 20.8. The number of para-hydroxylation sites is 3. The SMILES string of the molecule is CC1(C)c2ccccc2-c2c1c1c(c3c2oc2ccccc23)-c2ccc(N(c3ccc4c(c3)C(C)(C)c3c5c(c6oc7ccccc7c6c3-4)-c3ccccc3C5(C)C)c3cccc4oc5ccccc5c34)cc2C1(C)C. The number of hydrogen-bond acceptors (Lipinski definition) is 4. The van der Waals surface area contributed by atoms with Crippen LogP contribution in [-0.2, 0) is 21.7 Å². The normalized spacial score (nSPS) is 16.3. The van der Waals surface area contributed by atoms with Gasteiger partial charge in [-0.1, -0.05) is 177 Å². The van der Waals surface area contributed by atoms with E-state index in [2.05, 4.69) is 236 Å². The first kappa shape index (κ1) is 42.7. The van der Waals surface area contributed by atoms with E-state index in [4.69, 9.17) is 13.3 Å². The molecule has 4 heteroatoms. The quantitative estimate of drug-likeness (QED) is 0.177. The van der Waals surface area contributed by atoms with Crippen LogP contribution in [0.1, 0.15) is 99.9 Å². The van der Waals surface area contributed by atoms with Crippen LogP contribution in [0.2, 0.25) is 0 Å². The number of furan rings is 3. The lowest BCUT2D eigenvalue weighted by molar-refractivity contribution is 0.600. The van der Waals surface area contributed by atoms with Gasteiger partial charge in [0, 0.05) is 71.1 Å². The fourth-order valence-corrected chi connectivity index (χ4v) is 15.7. The summed E-state index contributed by atoms with van der Waals surface area (Å²) in [6.45, 7) is 19.5. The molecule has 364 valence electrons. The van der Waals surface area contributed by atoms with Gasteiger partial charge in [0.1, 0.15) is 33.5 Å². The predicted molar refractivity (Wildman–Crippen MR) is 313 cm³/mol. The Bertz CT molecular complexity index is 4580. The Balaban J connectivity index is 0.935. The second-order valence-corrected chi connectivity index (χ2v) is 24.2. The molecule has 0 amide bonds. The molecule has 0 atom stereocenters. The van der Waals surface area contributed by atoms with Crippen LogP contribution in [0.5, 0.6) is 0 Å². The summed E-state index contributed by atoms with van der Waals surface area (Å²) in [6, 6.07) is 64.9. The highest BCUT2D eigenvalue weighted by Crippen LogP contribution is 2.66. The van der Waals surface area contributed by atoms with Crippen molar-refractivity contribution in [1.82, 2.24) is 0 Å². The fraction of sp³-hybridized carbons (Fsp3) is 0.167. The van der Waals surface area contributed by atoms with E-state index in [1.165, 1.54) is 99.8 Å². The van der Waals surface area contributed by atoms with E-state index in [1.807, 2.05) is 0 Å². The molecule has 4 nitrogen and oxygen atoms in total. The molecule has 17 rings (SSSR count). The molecule has 4 aliphatic carbocycles. The first-order valence-corrected chi connectivity index (χ1v) is 27.0. The maximum absolute atomic E-state index is 7.05. The van der Waals surface area contributed by atoms with Crippen LogP contribution >= 0.6 is 0 Å². The monoisotopic (exact) mass is 979 g/mol. The molecule has 76 heavy (non-hydrogen) atoms. The molecular weight excluding hydrogens is 927 g/mol. The molecule has 10 aromatic carbocycles. The zero-order valence-corrected chi connectivity index (χ0v) is 43.9. The van der Waals surface area contributed by atoms with Crippen LogP contribution in [0.3, 0.4) is 0 Å². The number of nitrogens with zero attached hydrogens (tertiary/aromatic N) is 1. The summed E-state index contributed by atoms with van der Waals surface area (Å²) in [5.41, 5.74) is 28.6. The second-order valence-electron chi connectivity index (χ2n) is 24.2. The van der Waals surface area contributed by atoms with Crippen LogP contribution in [0, 0.1) is 0 Å². The average molecular weight is 980 g/mol. The number of rotatable bonds is 3. The number of benzene rings is 10. The van der Waals surface area contributed by atoms with Gasteiger partial charge >= 0.3 is 0 Å². The Morgan fingerprint density at radius 3 is 1.16 bits per heavy atom. The van der Waals surface area contributed by atoms with Crippen molar-refractivity contribution in [2.75, 3.05) is 4.90 Å². The second kappa shape index (κ2) is 13.8. The third-order valence-corrected chi connectivity index (χ3v) is 18.9. The highest BCUT2D eigenvalue weighted by molar-refractivity contribution is 6.23. The van der Waals surface area contributed by atoms with E-state index in [0.29, 0.717) is 0 Å². The third kappa shape index (κ3) is 4.94. The predicted octanol–water partition coefficient (Wildman–Crippen LogP) is 20.1. The first-order valence-electron chi connectivity index (χ1n) is 27.0. The van der Waals surface area contributed by atoms with Crippen LogP contribution in [0.4, 0.5) is 17.1 Å². The lowest BCUT2D eigenvalue weighted by Crippen LogP contribution is -2.24. The van der Waals surface area contributed by atoms with Gasteiger partial charge in [0.25, 0.3) is 0 Å². The van der Waals surface area contributed by atoms with Gasteiger partial charge < -0.3 is 18.2 Å². The molecule has 4 aliphatic rings. The van der Waals surface area contributed by atoms with Crippen molar-refractivity contribution >= 4 is 82.9 Å². The van der Waals surface area contributed by atoms with Gasteiger partial charge in [-0.25, -0.2) is 0 Å². The third-order valence-electron chi connectivity index (χ3n) is 18.9. The Morgan fingerprint density at radius 1 is 0.303 bits per heavy atom. The van der Waals surface area contributed by atoms with E-state index >= 15 is 0 Å². The lowest BCUT2D eigenvalue weighted by Gasteiger charge is -2.32. The number of hydrogen-bond donors (Lipinski definition) is 0. The van der Waals surface area contributed by atoms with E-state index in [9.17, 15) is 0 Å². The molecule has 3 heterocycles. The standard InChI is InChI=1S/C72H53NO3/c1-69(2)47-25-14-9-20-40(47)61-65(69)63-57(59-45-23-12-17-29-53(45)75-67(59)61)42-34-32-38(36-49(42)71(63,5)6)73(51-27-19-31-55-56(51)44-22-11-16-28-52(44)74-55)39-33-35-43-50(37-39)72(7,8)64-58(43)60-46-24-13-18-30-54(46)76-68(60)62-41-21-10-15-26-48(41)70(3,4)66(62)64/h9-37H,1-8H3. The van der Waals surface area contributed by atoms with Gasteiger partial charge in [-0.15, -0.1) is 0 Å². The molecule has 3 aromatic heterocycles. The molecule has 0 fully saturated rings. The lowest BCUT2D eigenvalue weighted by atomic mass is 9.72. The van der Waals surface area contributed by atoms with E-state index in [1.54, 1.807) is 0 Å². The zero-order valence-electron chi connectivity index (χ0n) is 43.9. The zero-order chi connectivity index (χ0) is 51.1. The van der Waals surface area contributed by atoms with Gasteiger partial charge in [0.2, 0.25) is 0 Å². The first-order chi connectivity index (χ1) is 36.8. The largest absolute Gasteiger partial charge is 0.456 e. The highest BCUT2D eigenvalue weighted by Gasteiger charge is 2.51. The van der Waals surface area contributed by atoms with Crippen molar-refractivity contribution in [3.05, 3.63) is 220 Å².